The maximum atomic E-state index is 12.8. The van der Waals surface area contributed by atoms with Gasteiger partial charge in [-0.25, -0.2) is 8.42 Å². The summed E-state index contributed by atoms with van der Waals surface area (Å²) in [5.41, 5.74) is 1.04. The van der Waals surface area contributed by atoms with Crippen molar-refractivity contribution < 1.29 is 13.2 Å². The molecule has 142 valence electrons. The Hall–Kier alpha value is -1.40. The highest BCUT2D eigenvalue weighted by Crippen LogP contribution is 2.44. The van der Waals surface area contributed by atoms with Gasteiger partial charge in [-0.1, -0.05) is 24.1 Å². The van der Waals surface area contributed by atoms with Crippen molar-refractivity contribution in [3.63, 3.8) is 0 Å². The zero-order chi connectivity index (χ0) is 18.3. The van der Waals surface area contributed by atoms with Crippen molar-refractivity contribution >= 4 is 15.9 Å². The number of carbonyl (C=O) groups is 1. The van der Waals surface area contributed by atoms with E-state index in [2.05, 4.69) is 5.32 Å². The van der Waals surface area contributed by atoms with Crippen LogP contribution in [0.2, 0.25) is 0 Å². The minimum Gasteiger partial charge on any atom is -0.353 e. The molecule has 1 aliphatic heterocycles. The lowest BCUT2D eigenvalue weighted by Gasteiger charge is -2.32. The second kappa shape index (κ2) is 6.97. The van der Waals surface area contributed by atoms with Crippen LogP contribution in [0.1, 0.15) is 44.1 Å². The normalized spacial score (nSPS) is 29.8. The van der Waals surface area contributed by atoms with E-state index in [9.17, 15) is 13.2 Å². The lowest BCUT2D eigenvalue weighted by Crippen LogP contribution is -2.46. The topological polar surface area (TPSA) is 66.5 Å². The van der Waals surface area contributed by atoms with Gasteiger partial charge in [0.25, 0.3) is 0 Å². The molecule has 0 aromatic heterocycles. The van der Waals surface area contributed by atoms with Gasteiger partial charge in [-0.15, -0.1) is 0 Å². The van der Waals surface area contributed by atoms with Crippen LogP contribution < -0.4 is 5.32 Å². The predicted octanol–water partition coefficient (Wildman–Crippen LogP) is 2.70. The minimum atomic E-state index is -3.46. The summed E-state index contributed by atoms with van der Waals surface area (Å²) in [7, 11) is -3.46. The molecule has 1 amide bonds. The molecule has 1 heterocycles. The highest BCUT2D eigenvalue weighted by Gasteiger charge is 2.41. The molecule has 2 saturated carbocycles. The first kappa shape index (κ1) is 18.0. The van der Waals surface area contributed by atoms with E-state index in [0.29, 0.717) is 42.8 Å². The fourth-order valence-corrected chi connectivity index (χ4v) is 6.41. The quantitative estimate of drug-likeness (QED) is 0.879. The minimum absolute atomic E-state index is 0.0569. The summed E-state index contributed by atoms with van der Waals surface area (Å²) in [4.78, 5) is 13.0. The molecule has 5 nitrogen and oxygen atoms in total. The smallest absolute Gasteiger partial charge is 0.243 e. The van der Waals surface area contributed by atoms with Crippen LogP contribution in [0.4, 0.5) is 0 Å². The Morgan fingerprint density at radius 1 is 1.04 bits per heavy atom. The number of hydrogen-bond acceptors (Lipinski definition) is 3. The largest absolute Gasteiger partial charge is 0.353 e. The summed E-state index contributed by atoms with van der Waals surface area (Å²) >= 11 is 0. The molecular formula is C20H28N2O3S. The van der Waals surface area contributed by atoms with Gasteiger partial charge in [-0.05, 0) is 63.0 Å². The Morgan fingerprint density at radius 2 is 1.73 bits per heavy atom. The summed E-state index contributed by atoms with van der Waals surface area (Å²) in [5, 5.41) is 3.26. The van der Waals surface area contributed by atoms with Crippen molar-refractivity contribution in [2.24, 2.45) is 17.8 Å². The van der Waals surface area contributed by atoms with Crippen LogP contribution in [0.15, 0.2) is 29.2 Å². The van der Waals surface area contributed by atoms with Crippen LogP contribution in [0.25, 0.3) is 0 Å². The first-order chi connectivity index (χ1) is 12.4. The van der Waals surface area contributed by atoms with Gasteiger partial charge in [-0.3, -0.25) is 4.79 Å². The third kappa shape index (κ3) is 3.41. The molecular weight excluding hydrogens is 348 g/mol. The zero-order valence-corrected chi connectivity index (χ0v) is 16.2. The first-order valence-corrected chi connectivity index (χ1v) is 11.2. The van der Waals surface area contributed by atoms with Crippen LogP contribution in [-0.2, 0) is 14.8 Å². The number of hydrogen-bond donors (Lipinski definition) is 1. The molecule has 2 bridgehead atoms. The molecule has 4 rings (SSSR count). The van der Waals surface area contributed by atoms with Gasteiger partial charge in [-0.2, -0.15) is 4.31 Å². The maximum Gasteiger partial charge on any atom is 0.243 e. The lowest BCUT2D eigenvalue weighted by molar-refractivity contribution is -0.127. The van der Waals surface area contributed by atoms with Gasteiger partial charge in [0.15, 0.2) is 0 Å². The van der Waals surface area contributed by atoms with Crippen molar-refractivity contribution in [2.75, 3.05) is 13.1 Å². The van der Waals surface area contributed by atoms with E-state index in [-0.39, 0.29) is 11.8 Å². The van der Waals surface area contributed by atoms with E-state index in [1.165, 1.54) is 23.6 Å². The molecule has 3 atom stereocenters. The molecule has 3 fully saturated rings. The summed E-state index contributed by atoms with van der Waals surface area (Å²) in [6.45, 7) is 2.78. The average molecular weight is 377 g/mol. The Morgan fingerprint density at radius 3 is 2.31 bits per heavy atom. The van der Waals surface area contributed by atoms with Crippen LogP contribution in [0.3, 0.4) is 0 Å². The Bertz CT molecular complexity index is 767. The van der Waals surface area contributed by atoms with E-state index >= 15 is 0 Å². The maximum absolute atomic E-state index is 12.8. The van der Waals surface area contributed by atoms with Gasteiger partial charge in [0.05, 0.1) is 4.90 Å². The zero-order valence-electron chi connectivity index (χ0n) is 15.4. The number of amides is 1. The Kier molecular flexibility index (Phi) is 4.82. The molecule has 2 aliphatic carbocycles. The summed E-state index contributed by atoms with van der Waals surface area (Å²) in [6.07, 6.45) is 6.21. The molecule has 1 N–H and O–H groups in total. The standard InChI is InChI=1S/C20H28N2O3S/c1-14-2-6-18(7-3-14)26(24,25)22-10-8-16(9-11-22)20(23)21-19-13-15-4-5-17(19)12-15/h2-3,6-7,15-17,19H,4-5,8-13H2,1H3,(H,21,23). The number of aryl methyl sites for hydroxylation is 1. The van der Waals surface area contributed by atoms with Crippen molar-refractivity contribution in [1.29, 1.82) is 0 Å². The summed E-state index contributed by atoms with van der Waals surface area (Å²) < 4.78 is 27.1. The van der Waals surface area contributed by atoms with Crippen LogP contribution >= 0.6 is 0 Å². The summed E-state index contributed by atoms with van der Waals surface area (Å²) in [6, 6.07) is 7.33. The molecule has 0 radical (unpaired) electrons. The second-order valence-electron chi connectivity index (χ2n) is 8.28. The number of sulfonamides is 1. The monoisotopic (exact) mass is 376 g/mol. The Balaban J connectivity index is 1.33. The second-order valence-corrected chi connectivity index (χ2v) is 10.2. The molecule has 1 aromatic carbocycles. The van der Waals surface area contributed by atoms with Gasteiger partial charge in [0, 0.05) is 25.0 Å². The van der Waals surface area contributed by atoms with E-state index < -0.39 is 10.0 Å². The molecule has 1 saturated heterocycles. The fraction of sp³-hybridized carbons (Fsp3) is 0.650. The third-order valence-corrected chi connectivity index (χ3v) is 8.46. The molecule has 6 heteroatoms. The number of rotatable bonds is 4. The van der Waals surface area contributed by atoms with E-state index in [4.69, 9.17) is 0 Å². The first-order valence-electron chi connectivity index (χ1n) is 9.80. The van der Waals surface area contributed by atoms with Gasteiger partial charge in [0.1, 0.15) is 0 Å². The molecule has 0 spiro atoms. The van der Waals surface area contributed by atoms with Gasteiger partial charge >= 0.3 is 0 Å². The molecule has 3 unspecified atom stereocenters. The van der Waals surface area contributed by atoms with Gasteiger partial charge in [0.2, 0.25) is 15.9 Å². The van der Waals surface area contributed by atoms with Crippen LogP contribution in [0.5, 0.6) is 0 Å². The fourth-order valence-electron chi connectivity index (χ4n) is 4.94. The van der Waals surface area contributed by atoms with Crippen molar-refractivity contribution in [2.45, 2.75) is 56.4 Å². The van der Waals surface area contributed by atoms with Crippen LogP contribution in [0, 0.1) is 24.7 Å². The molecule has 1 aromatic rings. The number of piperidine rings is 1. The highest BCUT2D eigenvalue weighted by atomic mass is 32.2. The molecule has 26 heavy (non-hydrogen) atoms. The van der Waals surface area contributed by atoms with Crippen molar-refractivity contribution in [3.05, 3.63) is 29.8 Å². The van der Waals surface area contributed by atoms with Crippen molar-refractivity contribution in [3.8, 4) is 0 Å². The number of benzene rings is 1. The third-order valence-electron chi connectivity index (χ3n) is 6.55. The molecule has 3 aliphatic rings. The summed E-state index contributed by atoms with van der Waals surface area (Å²) in [5.74, 6) is 1.56. The van der Waals surface area contributed by atoms with Gasteiger partial charge < -0.3 is 5.32 Å². The Labute approximate surface area is 156 Å². The van der Waals surface area contributed by atoms with Crippen LogP contribution in [-0.4, -0.2) is 37.8 Å². The average Bonchev–Trinajstić information content (AvgIpc) is 3.25. The number of nitrogens with one attached hydrogen (secondary N) is 1. The number of fused-ring (bicyclic) bond motifs is 2. The number of carbonyl (C=O) groups excluding carboxylic acids is 1. The van der Waals surface area contributed by atoms with Crippen molar-refractivity contribution in [1.82, 2.24) is 9.62 Å². The van der Waals surface area contributed by atoms with E-state index in [0.717, 1.165) is 17.9 Å². The van der Waals surface area contributed by atoms with E-state index in [1.54, 1.807) is 12.1 Å². The number of nitrogens with zero attached hydrogens (tertiary/aromatic N) is 1. The highest BCUT2D eigenvalue weighted by molar-refractivity contribution is 7.89. The lowest BCUT2D eigenvalue weighted by atomic mass is 9.93. The predicted molar refractivity (Wildman–Crippen MR) is 100 cm³/mol. The van der Waals surface area contributed by atoms with E-state index in [1.807, 2.05) is 19.1 Å². The SMILES string of the molecule is Cc1ccc(S(=O)(=O)N2CCC(C(=O)NC3CC4CCC3C4)CC2)cc1.